The van der Waals surface area contributed by atoms with Gasteiger partial charge in [0.1, 0.15) is 0 Å². The average Bonchev–Trinajstić information content (AvgIpc) is 3.12. The molecule has 21 heavy (non-hydrogen) atoms. The van der Waals surface area contributed by atoms with Crippen LogP contribution in [0.5, 0.6) is 0 Å². The summed E-state index contributed by atoms with van der Waals surface area (Å²) in [6, 6.07) is 0. The summed E-state index contributed by atoms with van der Waals surface area (Å²) in [5.41, 5.74) is -0.726. The van der Waals surface area contributed by atoms with E-state index < -0.39 is 11.4 Å². The maximum absolute atomic E-state index is 11.8. The zero-order valence-electron chi connectivity index (χ0n) is 12.4. The van der Waals surface area contributed by atoms with Crippen molar-refractivity contribution in [1.82, 2.24) is 20.2 Å². The topological polar surface area (TPSA) is 90.1 Å². The molecule has 0 radical (unpaired) electrons. The second-order valence-corrected chi connectivity index (χ2v) is 6.52. The Balaban J connectivity index is 1.80. The van der Waals surface area contributed by atoms with Crippen molar-refractivity contribution in [3.8, 4) is 0 Å². The van der Waals surface area contributed by atoms with Gasteiger partial charge in [-0.25, -0.2) is 4.68 Å². The predicted octanol–water partition coefficient (Wildman–Crippen LogP) is 1.46. The standard InChI is InChI=1S/C14H22N4O3/c1-10-2-5-14(6-3-10,13(19)20)9-18-12(15-16-17-18)11-4-7-21-8-11/h10-11H,2-9H2,1H3,(H,19,20). The molecule has 1 saturated heterocycles. The number of carboxylic acids is 1. The first-order valence-corrected chi connectivity index (χ1v) is 7.68. The first-order chi connectivity index (χ1) is 10.1. The molecule has 7 nitrogen and oxygen atoms in total. The summed E-state index contributed by atoms with van der Waals surface area (Å²) < 4.78 is 7.09. The zero-order chi connectivity index (χ0) is 14.9. The van der Waals surface area contributed by atoms with Crippen molar-refractivity contribution in [2.45, 2.75) is 51.5 Å². The van der Waals surface area contributed by atoms with E-state index in [2.05, 4.69) is 22.4 Å². The molecule has 0 amide bonds. The third-order valence-corrected chi connectivity index (χ3v) is 4.99. The van der Waals surface area contributed by atoms with Crippen molar-refractivity contribution in [3.63, 3.8) is 0 Å². The Bertz CT molecular complexity index is 502. The van der Waals surface area contributed by atoms with E-state index >= 15 is 0 Å². The highest BCUT2D eigenvalue weighted by Gasteiger charge is 2.42. The molecule has 1 aromatic heterocycles. The van der Waals surface area contributed by atoms with Crippen LogP contribution in [0.1, 0.15) is 50.8 Å². The van der Waals surface area contributed by atoms with Crippen molar-refractivity contribution in [2.24, 2.45) is 11.3 Å². The van der Waals surface area contributed by atoms with Crippen LogP contribution in [-0.2, 0) is 16.1 Å². The summed E-state index contributed by atoms with van der Waals surface area (Å²) in [6.45, 7) is 3.90. The van der Waals surface area contributed by atoms with Gasteiger partial charge in [-0.05, 0) is 48.4 Å². The molecule has 2 aliphatic rings. The summed E-state index contributed by atoms with van der Waals surface area (Å²) in [7, 11) is 0. The minimum atomic E-state index is -0.726. The Morgan fingerprint density at radius 2 is 2.19 bits per heavy atom. The van der Waals surface area contributed by atoms with Crippen LogP contribution in [0.2, 0.25) is 0 Å². The molecular formula is C14H22N4O3. The maximum Gasteiger partial charge on any atom is 0.311 e. The van der Waals surface area contributed by atoms with E-state index in [1.165, 1.54) is 0 Å². The average molecular weight is 294 g/mol. The molecule has 1 aliphatic heterocycles. The largest absolute Gasteiger partial charge is 0.481 e. The van der Waals surface area contributed by atoms with Gasteiger partial charge in [0.25, 0.3) is 0 Å². The van der Waals surface area contributed by atoms with Crippen LogP contribution in [0.25, 0.3) is 0 Å². The number of rotatable bonds is 4. The van der Waals surface area contributed by atoms with Gasteiger partial charge in [0.05, 0.1) is 18.6 Å². The zero-order valence-corrected chi connectivity index (χ0v) is 12.4. The molecule has 1 N–H and O–H groups in total. The lowest BCUT2D eigenvalue weighted by atomic mass is 9.71. The van der Waals surface area contributed by atoms with Crippen LogP contribution in [0, 0.1) is 11.3 Å². The third kappa shape index (κ3) is 2.79. The molecule has 3 rings (SSSR count). The van der Waals surface area contributed by atoms with Crippen molar-refractivity contribution >= 4 is 5.97 Å². The molecule has 1 saturated carbocycles. The summed E-state index contributed by atoms with van der Waals surface area (Å²) >= 11 is 0. The summed E-state index contributed by atoms with van der Waals surface area (Å²) in [5, 5.41) is 21.6. The number of hydrogen-bond donors (Lipinski definition) is 1. The fourth-order valence-corrected chi connectivity index (χ4v) is 3.40. The lowest BCUT2D eigenvalue weighted by Gasteiger charge is -2.35. The Hall–Kier alpha value is -1.50. The Morgan fingerprint density at radius 1 is 1.43 bits per heavy atom. The fraction of sp³-hybridized carbons (Fsp3) is 0.857. The highest BCUT2D eigenvalue weighted by molar-refractivity contribution is 5.74. The molecule has 1 aliphatic carbocycles. The Kier molecular flexibility index (Phi) is 3.93. The van der Waals surface area contributed by atoms with Crippen LogP contribution in [-0.4, -0.2) is 44.5 Å². The van der Waals surface area contributed by atoms with Gasteiger partial charge in [0.2, 0.25) is 0 Å². The molecule has 1 atom stereocenters. The van der Waals surface area contributed by atoms with E-state index in [0.717, 1.165) is 31.7 Å². The van der Waals surface area contributed by atoms with Crippen LogP contribution >= 0.6 is 0 Å². The number of hydrogen-bond acceptors (Lipinski definition) is 5. The minimum Gasteiger partial charge on any atom is -0.481 e. The van der Waals surface area contributed by atoms with Crippen molar-refractivity contribution in [2.75, 3.05) is 13.2 Å². The van der Waals surface area contributed by atoms with Gasteiger partial charge in [-0.2, -0.15) is 0 Å². The van der Waals surface area contributed by atoms with Crippen LogP contribution < -0.4 is 0 Å². The highest BCUT2D eigenvalue weighted by Crippen LogP contribution is 2.41. The highest BCUT2D eigenvalue weighted by atomic mass is 16.5. The van der Waals surface area contributed by atoms with Crippen molar-refractivity contribution < 1.29 is 14.6 Å². The van der Waals surface area contributed by atoms with Gasteiger partial charge in [-0.15, -0.1) is 5.10 Å². The normalized spacial score (nSPS) is 33.2. The molecule has 7 heteroatoms. The predicted molar refractivity (Wildman–Crippen MR) is 73.7 cm³/mol. The molecule has 116 valence electrons. The summed E-state index contributed by atoms with van der Waals surface area (Å²) in [5.74, 6) is 0.840. The van der Waals surface area contributed by atoms with Crippen LogP contribution in [0.4, 0.5) is 0 Å². The number of carbonyl (C=O) groups is 1. The Labute approximate surface area is 123 Å². The van der Waals surface area contributed by atoms with Gasteiger partial charge in [0.15, 0.2) is 5.82 Å². The number of nitrogens with zero attached hydrogens (tertiary/aromatic N) is 4. The molecule has 1 aromatic rings. The Morgan fingerprint density at radius 3 is 2.81 bits per heavy atom. The number of tetrazole rings is 1. The first kappa shape index (κ1) is 14.4. The number of aromatic nitrogens is 4. The molecule has 1 unspecified atom stereocenters. The van der Waals surface area contributed by atoms with Crippen molar-refractivity contribution in [1.29, 1.82) is 0 Å². The third-order valence-electron chi connectivity index (χ3n) is 4.99. The SMILES string of the molecule is CC1CCC(Cn2nnnc2C2CCOC2)(C(=O)O)CC1. The van der Waals surface area contributed by atoms with Gasteiger partial charge in [0, 0.05) is 12.5 Å². The maximum atomic E-state index is 11.8. The molecule has 2 fully saturated rings. The number of carboxylic acid groups (broad SMARTS) is 1. The number of aliphatic carboxylic acids is 1. The smallest absolute Gasteiger partial charge is 0.311 e. The van der Waals surface area contributed by atoms with E-state index in [9.17, 15) is 9.90 Å². The van der Waals surface area contributed by atoms with Crippen LogP contribution in [0.3, 0.4) is 0 Å². The summed E-state index contributed by atoms with van der Waals surface area (Å²) in [4.78, 5) is 11.8. The van der Waals surface area contributed by atoms with E-state index in [1.54, 1.807) is 4.68 Å². The monoisotopic (exact) mass is 294 g/mol. The first-order valence-electron chi connectivity index (χ1n) is 7.68. The molecular weight excluding hydrogens is 272 g/mol. The second kappa shape index (κ2) is 5.71. The van der Waals surface area contributed by atoms with Crippen molar-refractivity contribution in [3.05, 3.63) is 5.82 Å². The number of ether oxygens (including phenoxy) is 1. The van der Waals surface area contributed by atoms with Gasteiger partial charge in [-0.3, -0.25) is 4.79 Å². The molecule has 2 heterocycles. The van der Waals surface area contributed by atoms with Gasteiger partial charge < -0.3 is 9.84 Å². The summed E-state index contributed by atoms with van der Waals surface area (Å²) in [6.07, 6.45) is 4.21. The molecule has 0 aromatic carbocycles. The van der Waals surface area contributed by atoms with E-state index in [1.807, 2.05) is 0 Å². The lowest BCUT2D eigenvalue weighted by molar-refractivity contribution is -0.153. The molecule has 0 spiro atoms. The van der Waals surface area contributed by atoms with E-state index in [4.69, 9.17) is 4.74 Å². The van der Waals surface area contributed by atoms with Gasteiger partial charge in [-0.1, -0.05) is 6.92 Å². The second-order valence-electron chi connectivity index (χ2n) is 6.52. The van der Waals surface area contributed by atoms with Gasteiger partial charge >= 0.3 is 5.97 Å². The van der Waals surface area contributed by atoms with E-state index in [-0.39, 0.29) is 5.92 Å². The molecule has 0 bridgehead atoms. The van der Waals surface area contributed by atoms with E-state index in [0.29, 0.717) is 31.9 Å². The lowest BCUT2D eigenvalue weighted by Crippen LogP contribution is -2.39. The minimum absolute atomic E-state index is 0.188. The van der Waals surface area contributed by atoms with Crippen LogP contribution in [0.15, 0.2) is 0 Å². The fourth-order valence-electron chi connectivity index (χ4n) is 3.40. The quantitative estimate of drug-likeness (QED) is 0.904.